The van der Waals surface area contributed by atoms with Gasteiger partial charge in [-0.1, -0.05) is 17.6 Å². The first-order valence-electron chi connectivity index (χ1n) is 2.86. The van der Waals surface area contributed by atoms with Crippen LogP contribution in [0.15, 0.2) is 29.4 Å². The van der Waals surface area contributed by atoms with Crippen molar-refractivity contribution in [3.8, 4) is 0 Å². The van der Waals surface area contributed by atoms with Crippen molar-refractivity contribution in [2.75, 3.05) is 0 Å². The van der Waals surface area contributed by atoms with E-state index in [4.69, 9.17) is 0 Å². The Balaban J connectivity index is 2.78. The fourth-order valence-corrected chi connectivity index (χ4v) is 0.664. The van der Waals surface area contributed by atoms with E-state index in [0.717, 1.165) is 5.46 Å². The largest absolute Gasteiger partial charge is 0.352 e. The van der Waals surface area contributed by atoms with E-state index in [2.05, 4.69) is 5.09 Å². The Labute approximate surface area is 58.3 Å². The van der Waals surface area contributed by atoms with Gasteiger partial charge in [0.1, 0.15) is 5.82 Å². The molecule has 0 N–H and O–H groups in total. The average Bonchev–Trinajstić information content (AvgIpc) is 1.95. The lowest BCUT2D eigenvalue weighted by molar-refractivity contribution is 0.628. The minimum atomic E-state index is -0.297. The summed E-state index contributed by atoms with van der Waals surface area (Å²) in [7, 11) is 0.111. The smallest absolute Gasteiger partial charge is 0.207 e. The highest BCUT2D eigenvalue weighted by atomic mass is 19.1. The normalized spacial score (nSPS) is 8.90. The van der Waals surface area contributed by atoms with E-state index in [1.165, 1.54) is 24.3 Å². The summed E-state index contributed by atoms with van der Waals surface area (Å²) in [6, 6.07) is 5.69. The molecule has 0 saturated heterocycles. The second kappa shape index (κ2) is 3.10. The van der Waals surface area contributed by atoms with Gasteiger partial charge in [-0.2, -0.15) is 4.91 Å². The SMILES string of the molecule is O=NBc1ccc(F)cc1. The quantitative estimate of drug-likeness (QED) is 0.432. The third kappa shape index (κ3) is 1.65. The van der Waals surface area contributed by atoms with Crippen LogP contribution in [0.2, 0.25) is 0 Å². The van der Waals surface area contributed by atoms with Crippen LogP contribution in [0.4, 0.5) is 4.39 Å². The van der Waals surface area contributed by atoms with Crippen LogP contribution < -0.4 is 5.46 Å². The minimum absolute atomic E-state index is 0.111. The van der Waals surface area contributed by atoms with Gasteiger partial charge in [-0.05, 0) is 12.1 Å². The van der Waals surface area contributed by atoms with E-state index in [-0.39, 0.29) is 13.2 Å². The maximum atomic E-state index is 12.2. The van der Waals surface area contributed by atoms with E-state index >= 15 is 0 Å². The molecule has 0 saturated carbocycles. The standard InChI is InChI=1S/C6H5BFNO/c8-6-3-1-5(2-4-6)7-9-10/h1-4,7H. The van der Waals surface area contributed by atoms with E-state index in [1.54, 1.807) is 0 Å². The van der Waals surface area contributed by atoms with Crippen molar-refractivity contribution in [3.63, 3.8) is 0 Å². The third-order valence-corrected chi connectivity index (χ3v) is 1.16. The molecule has 0 bridgehead atoms. The molecule has 0 aromatic heterocycles. The Hall–Kier alpha value is -1.19. The number of hydrogen-bond donors (Lipinski definition) is 0. The molecule has 0 radical (unpaired) electrons. The van der Waals surface area contributed by atoms with Crippen LogP contribution >= 0.6 is 0 Å². The van der Waals surface area contributed by atoms with E-state index in [1.807, 2.05) is 0 Å². The Morgan fingerprint density at radius 3 is 2.40 bits per heavy atom. The van der Waals surface area contributed by atoms with E-state index < -0.39 is 0 Å². The van der Waals surface area contributed by atoms with Crippen LogP contribution in [0, 0.1) is 10.7 Å². The molecule has 0 aliphatic heterocycles. The minimum Gasteiger partial charge on any atom is -0.207 e. The van der Waals surface area contributed by atoms with Crippen molar-refractivity contribution < 1.29 is 4.39 Å². The number of halogens is 1. The number of rotatable bonds is 2. The third-order valence-electron chi connectivity index (χ3n) is 1.16. The topological polar surface area (TPSA) is 29.4 Å². The first-order valence-corrected chi connectivity index (χ1v) is 2.86. The van der Waals surface area contributed by atoms with Crippen LogP contribution in [0.25, 0.3) is 0 Å². The summed E-state index contributed by atoms with van der Waals surface area (Å²) in [5, 5.41) is 2.66. The van der Waals surface area contributed by atoms with Gasteiger partial charge < -0.3 is 0 Å². The van der Waals surface area contributed by atoms with Crippen molar-refractivity contribution in [3.05, 3.63) is 35.0 Å². The fourth-order valence-electron chi connectivity index (χ4n) is 0.664. The second-order valence-electron chi connectivity index (χ2n) is 1.91. The number of hydrogen-bond acceptors (Lipinski definition) is 2. The van der Waals surface area contributed by atoms with Crippen molar-refractivity contribution in [2.45, 2.75) is 0 Å². The maximum Gasteiger partial charge on any atom is 0.352 e. The first kappa shape index (κ1) is 6.93. The lowest BCUT2D eigenvalue weighted by atomic mass is 9.85. The summed E-state index contributed by atoms with van der Waals surface area (Å²) in [4.78, 5) is 9.72. The van der Waals surface area contributed by atoms with Gasteiger partial charge in [-0.3, -0.25) is 0 Å². The van der Waals surface area contributed by atoms with Gasteiger partial charge in [-0.25, -0.2) is 4.39 Å². The molecule has 0 atom stereocenters. The highest BCUT2D eigenvalue weighted by Crippen LogP contribution is 1.91. The molecule has 0 fully saturated rings. The van der Waals surface area contributed by atoms with E-state index in [9.17, 15) is 9.30 Å². The maximum absolute atomic E-state index is 12.2. The molecule has 1 aromatic carbocycles. The zero-order chi connectivity index (χ0) is 7.40. The van der Waals surface area contributed by atoms with Crippen molar-refractivity contribution in [1.82, 2.24) is 0 Å². The summed E-state index contributed by atoms with van der Waals surface area (Å²) in [6.45, 7) is 0. The fraction of sp³-hybridized carbons (Fsp3) is 0. The molecule has 0 aliphatic rings. The van der Waals surface area contributed by atoms with Crippen LogP contribution in [0.1, 0.15) is 0 Å². The molecule has 1 rings (SSSR count). The van der Waals surface area contributed by atoms with Gasteiger partial charge in [0.2, 0.25) is 0 Å². The Morgan fingerprint density at radius 2 is 1.90 bits per heavy atom. The molecule has 0 aliphatic carbocycles. The summed E-state index contributed by atoms with van der Waals surface area (Å²) in [5.74, 6) is -0.297. The highest BCUT2D eigenvalue weighted by molar-refractivity contribution is 6.51. The first-order chi connectivity index (χ1) is 4.83. The predicted octanol–water partition coefficient (Wildman–Crippen LogP) is 0.569. The van der Waals surface area contributed by atoms with Gasteiger partial charge in [-0.15, -0.1) is 5.09 Å². The second-order valence-corrected chi connectivity index (χ2v) is 1.91. The Morgan fingerprint density at radius 1 is 1.30 bits per heavy atom. The molecule has 0 unspecified atom stereocenters. The zero-order valence-corrected chi connectivity index (χ0v) is 5.25. The lowest BCUT2D eigenvalue weighted by Crippen LogP contribution is -2.10. The molecule has 50 valence electrons. The van der Waals surface area contributed by atoms with Gasteiger partial charge in [0.25, 0.3) is 0 Å². The molecular weight excluding hydrogens is 132 g/mol. The monoisotopic (exact) mass is 137 g/mol. The molecule has 2 nitrogen and oxygen atoms in total. The van der Waals surface area contributed by atoms with Gasteiger partial charge in [0.05, 0.1) is 0 Å². The van der Waals surface area contributed by atoms with Crippen molar-refractivity contribution in [2.24, 2.45) is 5.09 Å². The molecule has 0 spiro atoms. The summed E-state index contributed by atoms with van der Waals surface area (Å²) in [5.41, 5.74) is 0.733. The van der Waals surface area contributed by atoms with Crippen molar-refractivity contribution in [1.29, 1.82) is 0 Å². The van der Waals surface area contributed by atoms with Gasteiger partial charge >= 0.3 is 7.41 Å². The van der Waals surface area contributed by atoms with Gasteiger partial charge in [0.15, 0.2) is 0 Å². The molecule has 4 heteroatoms. The number of nitroso groups, excluding NO2 is 1. The van der Waals surface area contributed by atoms with Gasteiger partial charge in [0, 0.05) is 0 Å². The summed E-state index contributed by atoms with van der Waals surface area (Å²) in [6.07, 6.45) is 0. The number of nitrogens with zero attached hydrogens (tertiary/aromatic N) is 1. The zero-order valence-electron chi connectivity index (χ0n) is 5.25. The molecule has 1 aromatic rings. The van der Waals surface area contributed by atoms with Crippen LogP contribution in [0.5, 0.6) is 0 Å². The Kier molecular flexibility index (Phi) is 2.15. The van der Waals surface area contributed by atoms with Crippen LogP contribution in [-0.4, -0.2) is 7.41 Å². The highest BCUT2D eigenvalue weighted by Gasteiger charge is 1.94. The van der Waals surface area contributed by atoms with Crippen LogP contribution in [-0.2, 0) is 0 Å². The summed E-state index contributed by atoms with van der Waals surface area (Å²) >= 11 is 0. The predicted molar refractivity (Wildman–Crippen MR) is 39.0 cm³/mol. The molecule has 0 heterocycles. The molecule has 0 amide bonds. The molecule has 10 heavy (non-hydrogen) atoms. The molecular formula is C6H5BFNO. The van der Waals surface area contributed by atoms with Crippen LogP contribution in [0.3, 0.4) is 0 Å². The lowest BCUT2D eigenvalue weighted by Gasteiger charge is -1.89. The van der Waals surface area contributed by atoms with E-state index in [0.29, 0.717) is 0 Å². The summed E-state index contributed by atoms with van der Waals surface area (Å²) < 4.78 is 12.2. The Bertz CT molecular complexity index is 224. The van der Waals surface area contributed by atoms with Crippen molar-refractivity contribution >= 4 is 12.9 Å². The number of benzene rings is 1. The average molecular weight is 137 g/mol.